The van der Waals surface area contributed by atoms with Crippen molar-refractivity contribution in [3.05, 3.63) is 46.7 Å². The molecule has 1 saturated heterocycles. The molecule has 1 aliphatic heterocycles. The zero-order valence-electron chi connectivity index (χ0n) is 12.9. The highest BCUT2D eigenvalue weighted by Crippen LogP contribution is 2.21. The van der Waals surface area contributed by atoms with Gasteiger partial charge < -0.3 is 9.80 Å². The van der Waals surface area contributed by atoms with Crippen molar-refractivity contribution < 1.29 is 0 Å². The van der Waals surface area contributed by atoms with Crippen LogP contribution in [-0.4, -0.2) is 30.1 Å². The Balaban J connectivity index is 1.64. The number of benzene rings is 1. The van der Waals surface area contributed by atoms with E-state index in [4.69, 9.17) is 0 Å². The van der Waals surface area contributed by atoms with Crippen LogP contribution in [0.25, 0.3) is 0 Å². The summed E-state index contributed by atoms with van der Waals surface area (Å²) in [5, 5.41) is 0. The van der Waals surface area contributed by atoms with Crippen molar-refractivity contribution in [3.63, 3.8) is 0 Å². The first-order valence-corrected chi connectivity index (χ1v) is 8.54. The fourth-order valence-electron chi connectivity index (χ4n) is 2.81. The van der Waals surface area contributed by atoms with Gasteiger partial charge in [-0.2, -0.15) is 0 Å². The van der Waals surface area contributed by atoms with Crippen molar-refractivity contribution in [2.75, 3.05) is 29.9 Å². The zero-order valence-corrected chi connectivity index (χ0v) is 14.5. The van der Waals surface area contributed by atoms with Crippen LogP contribution in [0, 0.1) is 0 Å². The molecule has 2 aromatic rings. The molecule has 0 saturated carbocycles. The van der Waals surface area contributed by atoms with E-state index < -0.39 is 0 Å². The Morgan fingerprint density at radius 2 is 1.68 bits per heavy atom. The molecule has 2 heterocycles. The van der Waals surface area contributed by atoms with Crippen molar-refractivity contribution in [3.8, 4) is 0 Å². The quantitative estimate of drug-likeness (QED) is 0.828. The smallest absolute Gasteiger partial charge is 0.225 e. The summed E-state index contributed by atoms with van der Waals surface area (Å²) in [5.41, 5.74) is 2.61. The Kier molecular flexibility index (Phi) is 4.93. The minimum absolute atomic E-state index is 0.739. The second-order valence-electron chi connectivity index (χ2n) is 5.77. The number of anilines is 2. The molecule has 0 atom stereocenters. The molecule has 0 aliphatic carbocycles. The summed E-state index contributed by atoms with van der Waals surface area (Å²) in [7, 11) is 2.02. The van der Waals surface area contributed by atoms with Crippen LogP contribution in [0.1, 0.15) is 24.8 Å². The van der Waals surface area contributed by atoms with Crippen LogP contribution >= 0.6 is 15.9 Å². The molecule has 0 N–H and O–H groups in total. The van der Waals surface area contributed by atoms with Crippen LogP contribution in [-0.2, 0) is 6.54 Å². The van der Waals surface area contributed by atoms with E-state index in [2.05, 4.69) is 60.0 Å². The lowest BCUT2D eigenvalue weighted by atomic mass is 10.1. The Labute approximate surface area is 140 Å². The second kappa shape index (κ2) is 7.09. The molecule has 1 aliphatic rings. The maximum absolute atomic E-state index is 4.33. The SMILES string of the molecule is CN(Cc1ccc(N2CCCCC2)cc1)c1ncc(Br)cn1. The lowest BCUT2D eigenvalue weighted by Gasteiger charge is -2.29. The van der Waals surface area contributed by atoms with E-state index in [1.165, 1.54) is 43.6 Å². The molecular formula is C17H21BrN4. The van der Waals surface area contributed by atoms with Gasteiger partial charge in [0.15, 0.2) is 0 Å². The van der Waals surface area contributed by atoms with Gasteiger partial charge in [-0.1, -0.05) is 12.1 Å². The van der Waals surface area contributed by atoms with Crippen molar-refractivity contribution in [2.24, 2.45) is 0 Å². The molecule has 116 valence electrons. The minimum atomic E-state index is 0.739. The van der Waals surface area contributed by atoms with Crippen LogP contribution in [0.2, 0.25) is 0 Å². The number of nitrogens with zero attached hydrogens (tertiary/aromatic N) is 4. The Morgan fingerprint density at radius 3 is 2.32 bits per heavy atom. The Morgan fingerprint density at radius 1 is 1.05 bits per heavy atom. The summed E-state index contributed by atoms with van der Waals surface area (Å²) in [6.45, 7) is 3.18. The van der Waals surface area contributed by atoms with E-state index in [1.807, 2.05) is 7.05 Å². The molecule has 1 fully saturated rings. The normalized spacial score (nSPS) is 14.9. The van der Waals surface area contributed by atoms with Gasteiger partial charge in [-0.3, -0.25) is 0 Å². The van der Waals surface area contributed by atoms with Crippen LogP contribution in [0.3, 0.4) is 0 Å². The van der Waals surface area contributed by atoms with Crippen LogP contribution in [0.15, 0.2) is 41.1 Å². The summed E-state index contributed by atoms with van der Waals surface area (Å²) < 4.78 is 0.899. The Bertz CT molecular complexity index is 591. The third-order valence-electron chi connectivity index (χ3n) is 4.03. The summed E-state index contributed by atoms with van der Waals surface area (Å²) in [4.78, 5) is 13.2. The summed E-state index contributed by atoms with van der Waals surface area (Å²) in [5.74, 6) is 0.739. The van der Waals surface area contributed by atoms with E-state index in [-0.39, 0.29) is 0 Å². The van der Waals surface area contributed by atoms with Crippen LogP contribution in [0.5, 0.6) is 0 Å². The highest BCUT2D eigenvalue weighted by molar-refractivity contribution is 9.10. The molecule has 0 spiro atoms. The predicted octanol–water partition coefficient (Wildman–Crippen LogP) is 3.87. The fourth-order valence-corrected chi connectivity index (χ4v) is 3.02. The highest BCUT2D eigenvalue weighted by Gasteiger charge is 2.11. The third kappa shape index (κ3) is 3.77. The molecule has 0 amide bonds. The van der Waals surface area contributed by atoms with Gasteiger partial charge in [0.05, 0.1) is 4.47 Å². The molecule has 22 heavy (non-hydrogen) atoms. The van der Waals surface area contributed by atoms with Crippen molar-refractivity contribution >= 4 is 27.6 Å². The molecule has 0 radical (unpaired) electrons. The average Bonchev–Trinajstić information content (AvgIpc) is 2.57. The molecule has 3 rings (SSSR count). The van der Waals surface area contributed by atoms with Crippen molar-refractivity contribution in [1.29, 1.82) is 0 Å². The van der Waals surface area contributed by atoms with E-state index in [9.17, 15) is 0 Å². The Hall–Kier alpha value is -1.62. The molecule has 5 heteroatoms. The molecule has 4 nitrogen and oxygen atoms in total. The number of aromatic nitrogens is 2. The summed E-state index contributed by atoms with van der Waals surface area (Å²) in [6, 6.07) is 8.88. The third-order valence-corrected chi connectivity index (χ3v) is 4.43. The largest absolute Gasteiger partial charge is 0.372 e. The van der Waals surface area contributed by atoms with Gasteiger partial charge >= 0.3 is 0 Å². The standard InChI is InChI=1S/C17H21BrN4/c1-21(17-19-11-15(18)12-20-17)13-14-5-7-16(8-6-14)22-9-3-2-4-10-22/h5-8,11-12H,2-4,9-10,13H2,1H3. The minimum Gasteiger partial charge on any atom is -0.372 e. The van der Waals surface area contributed by atoms with Gasteiger partial charge in [0, 0.05) is 44.8 Å². The number of piperidine rings is 1. The first-order valence-electron chi connectivity index (χ1n) is 7.75. The first-order chi connectivity index (χ1) is 10.7. The topological polar surface area (TPSA) is 32.3 Å². The van der Waals surface area contributed by atoms with Gasteiger partial charge in [0.2, 0.25) is 5.95 Å². The lowest BCUT2D eigenvalue weighted by Crippen LogP contribution is -2.29. The number of rotatable bonds is 4. The van der Waals surface area contributed by atoms with Crippen molar-refractivity contribution in [1.82, 2.24) is 9.97 Å². The molecule has 1 aromatic heterocycles. The highest BCUT2D eigenvalue weighted by atomic mass is 79.9. The fraction of sp³-hybridized carbons (Fsp3) is 0.412. The number of halogens is 1. The summed E-state index contributed by atoms with van der Waals surface area (Å²) >= 11 is 3.36. The maximum Gasteiger partial charge on any atom is 0.225 e. The monoisotopic (exact) mass is 360 g/mol. The molecule has 1 aromatic carbocycles. The van der Waals surface area contributed by atoms with Crippen molar-refractivity contribution in [2.45, 2.75) is 25.8 Å². The van der Waals surface area contributed by atoms with Gasteiger partial charge in [-0.25, -0.2) is 9.97 Å². The molecule has 0 bridgehead atoms. The van der Waals surface area contributed by atoms with Gasteiger partial charge in [0.25, 0.3) is 0 Å². The van der Waals surface area contributed by atoms with E-state index >= 15 is 0 Å². The van der Waals surface area contributed by atoms with Gasteiger partial charge in [-0.15, -0.1) is 0 Å². The number of hydrogen-bond acceptors (Lipinski definition) is 4. The second-order valence-corrected chi connectivity index (χ2v) is 6.69. The van der Waals surface area contributed by atoms with E-state index in [0.29, 0.717) is 0 Å². The van der Waals surface area contributed by atoms with E-state index in [1.54, 1.807) is 12.4 Å². The van der Waals surface area contributed by atoms with Crippen LogP contribution in [0.4, 0.5) is 11.6 Å². The summed E-state index contributed by atoms with van der Waals surface area (Å²) in [6.07, 6.45) is 7.54. The maximum atomic E-state index is 4.33. The van der Waals surface area contributed by atoms with E-state index in [0.717, 1.165) is 17.0 Å². The molecular weight excluding hydrogens is 340 g/mol. The average molecular weight is 361 g/mol. The lowest BCUT2D eigenvalue weighted by molar-refractivity contribution is 0.578. The number of hydrogen-bond donors (Lipinski definition) is 0. The van der Waals surface area contributed by atoms with Gasteiger partial charge in [0.1, 0.15) is 0 Å². The predicted molar refractivity (Wildman–Crippen MR) is 94.3 cm³/mol. The zero-order chi connectivity index (χ0) is 15.4. The van der Waals surface area contributed by atoms with Gasteiger partial charge in [-0.05, 0) is 52.9 Å². The first kappa shape index (κ1) is 15.3. The van der Waals surface area contributed by atoms with Crippen LogP contribution < -0.4 is 9.80 Å². The molecule has 0 unspecified atom stereocenters.